The van der Waals surface area contributed by atoms with Gasteiger partial charge in [0.2, 0.25) is 5.52 Å². The van der Waals surface area contributed by atoms with Crippen LogP contribution >= 0.6 is 23.1 Å². The maximum atomic E-state index is 2.35. The van der Waals surface area contributed by atoms with Crippen LogP contribution in [0, 0.1) is 0 Å². The Balaban J connectivity index is 0.00000231. The first-order chi connectivity index (χ1) is 14.7. The van der Waals surface area contributed by atoms with Crippen LogP contribution in [0.5, 0.6) is 0 Å². The molecule has 1 aromatic heterocycles. The zero-order chi connectivity index (χ0) is 20.5. The number of rotatable bonds is 4. The van der Waals surface area contributed by atoms with Crippen LogP contribution in [0.15, 0.2) is 100 Å². The Bertz CT molecular complexity index is 1280. The van der Waals surface area contributed by atoms with Crippen LogP contribution in [0.1, 0.15) is 10.6 Å². The number of thioether (sulfide) groups is 1. The molecule has 5 rings (SSSR count). The summed E-state index contributed by atoms with van der Waals surface area (Å²) >= 11 is 3.69. The average Bonchev–Trinajstić information content (AvgIpc) is 3.26. The smallest absolute Gasteiger partial charge is 0.262 e. The van der Waals surface area contributed by atoms with Crippen molar-refractivity contribution in [2.24, 2.45) is 7.05 Å². The van der Waals surface area contributed by atoms with Gasteiger partial charge < -0.3 is 28.9 Å². The van der Waals surface area contributed by atoms with E-state index in [2.05, 4.69) is 115 Å². The number of fused-ring (bicyclic) bond motifs is 2. The highest BCUT2D eigenvalue weighted by molar-refractivity contribution is 8.03. The average molecular weight is 555 g/mol. The van der Waals surface area contributed by atoms with Crippen molar-refractivity contribution in [2.75, 3.05) is 11.9 Å². The van der Waals surface area contributed by atoms with E-state index in [1.165, 1.54) is 42.0 Å². The van der Waals surface area contributed by atoms with E-state index < -0.39 is 0 Å². The largest absolute Gasteiger partial charge is 1.00 e. The third-order valence-corrected chi connectivity index (χ3v) is 7.74. The summed E-state index contributed by atoms with van der Waals surface area (Å²) in [4.78, 5) is 3.61. The number of halogens is 1. The van der Waals surface area contributed by atoms with Crippen molar-refractivity contribution < 1.29 is 28.5 Å². The Morgan fingerprint density at radius 3 is 2.42 bits per heavy atom. The standard InChI is InChI=1S/C26H23N2S2.HI/c1-27-21-12-6-8-14-23(21)29-25(27)17-20(16-19-10-4-3-5-11-19)18-26-28(2)22-13-7-9-15-24(22)30-26;/h3-15,17-18H,16H2,1-2H3;1H/q+1;/p-1. The second-order valence-corrected chi connectivity index (χ2v) is 9.58. The molecule has 0 saturated heterocycles. The molecule has 2 heterocycles. The quantitative estimate of drug-likeness (QED) is 0.282. The van der Waals surface area contributed by atoms with E-state index in [-0.39, 0.29) is 24.0 Å². The van der Waals surface area contributed by atoms with Crippen molar-refractivity contribution in [3.63, 3.8) is 0 Å². The topological polar surface area (TPSA) is 7.12 Å². The van der Waals surface area contributed by atoms with E-state index in [0.29, 0.717) is 0 Å². The van der Waals surface area contributed by atoms with Crippen molar-refractivity contribution in [3.8, 4) is 0 Å². The van der Waals surface area contributed by atoms with Crippen LogP contribution in [0.3, 0.4) is 0 Å². The molecule has 0 amide bonds. The van der Waals surface area contributed by atoms with Crippen molar-refractivity contribution >= 4 is 45.1 Å². The minimum atomic E-state index is 0. The Morgan fingerprint density at radius 2 is 1.65 bits per heavy atom. The number of aromatic nitrogens is 1. The lowest BCUT2D eigenvalue weighted by Gasteiger charge is -2.14. The summed E-state index contributed by atoms with van der Waals surface area (Å²) < 4.78 is 3.61. The van der Waals surface area contributed by atoms with Gasteiger partial charge in [0.25, 0.3) is 5.01 Å². The number of nitrogens with zero attached hydrogens (tertiary/aromatic N) is 2. The lowest BCUT2D eigenvalue weighted by molar-refractivity contribution is -0.642. The Kier molecular flexibility index (Phi) is 6.84. The first-order valence-electron chi connectivity index (χ1n) is 10.0. The fourth-order valence-corrected chi connectivity index (χ4v) is 6.04. The normalized spacial score (nSPS) is 14.7. The highest BCUT2D eigenvalue weighted by atomic mass is 127. The third-order valence-electron chi connectivity index (χ3n) is 5.41. The third kappa shape index (κ3) is 4.59. The number of benzene rings is 3. The molecule has 2 nitrogen and oxygen atoms in total. The zero-order valence-electron chi connectivity index (χ0n) is 17.5. The van der Waals surface area contributed by atoms with Gasteiger partial charge in [-0.25, -0.2) is 0 Å². The van der Waals surface area contributed by atoms with Gasteiger partial charge in [-0.05, 0) is 41.8 Å². The lowest BCUT2D eigenvalue weighted by Crippen LogP contribution is -3.00. The summed E-state index contributed by atoms with van der Waals surface area (Å²) in [6.07, 6.45) is 5.60. The van der Waals surface area contributed by atoms with E-state index in [0.717, 1.165) is 6.42 Å². The molecule has 0 aliphatic carbocycles. The van der Waals surface area contributed by atoms with Gasteiger partial charge >= 0.3 is 0 Å². The van der Waals surface area contributed by atoms with Crippen molar-refractivity contribution in [3.05, 3.63) is 106 Å². The van der Waals surface area contributed by atoms with Crippen molar-refractivity contribution in [1.29, 1.82) is 0 Å². The summed E-state index contributed by atoms with van der Waals surface area (Å²) in [5.74, 6) is 0. The van der Waals surface area contributed by atoms with Crippen LogP contribution in [-0.2, 0) is 13.5 Å². The first kappa shape index (κ1) is 22.1. The number of hydrogen-bond acceptors (Lipinski definition) is 3. The van der Waals surface area contributed by atoms with Gasteiger partial charge in [-0.2, -0.15) is 4.57 Å². The van der Waals surface area contributed by atoms with E-state index in [9.17, 15) is 0 Å². The van der Waals surface area contributed by atoms with Crippen molar-refractivity contribution in [2.45, 2.75) is 11.3 Å². The molecule has 1 aliphatic rings. The van der Waals surface area contributed by atoms with Gasteiger partial charge in [-0.15, -0.1) is 0 Å². The molecule has 5 heteroatoms. The highest BCUT2D eigenvalue weighted by Crippen LogP contribution is 2.45. The molecule has 4 aromatic rings. The Labute approximate surface area is 208 Å². The predicted molar refractivity (Wildman–Crippen MR) is 130 cm³/mol. The van der Waals surface area contributed by atoms with Crippen LogP contribution in [-0.4, -0.2) is 7.05 Å². The molecule has 0 N–H and O–H groups in total. The number of hydrogen-bond donors (Lipinski definition) is 0. The number of aryl methyl sites for hydroxylation is 1. The second-order valence-electron chi connectivity index (χ2n) is 7.46. The number of allylic oxidation sites excluding steroid dienone is 2. The molecule has 0 atom stereocenters. The van der Waals surface area contributed by atoms with E-state index in [1.54, 1.807) is 0 Å². The van der Waals surface area contributed by atoms with Crippen LogP contribution in [0.4, 0.5) is 5.69 Å². The summed E-state index contributed by atoms with van der Waals surface area (Å²) in [5.41, 5.74) is 5.19. The van der Waals surface area contributed by atoms with E-state index >= 15 is 0 Å². The van der Waals surface area contributed by atoms with Gasteiger partial charge in [0, 0.05) is 24.1 Å². The SMILES string of the molecule is CN1C(=CC(=Cc2sc3ccccc3[n+]2C)Cc2ccccc2)Sc2ccccc21.[I-]. The monoisotopic (exact) mass is 554 g/mol. The van der Waals surface area contributed by atoms with Gasteiger partial charge in [0.05, 0.1) is 10.7 Å². The van der Waals surface area contributed by atoms with Gasteiger partial charge in [-0.1, -0.05) is 77.7 Å². The molecule has 31 heavy (non-hydrogen) atoms. The van der Waals surface area contributed by atoms with Gasteiger partial charge in [0.1, 0.15) is 11.7 Å². The minimum absolute atomic E-state index is 0. The van der Waals surface area contributed by atoms with Crippen LogP contribution in [0.2, 0.25) is 0 Å². The number of para-hydroxylation sites is 2. The predicted octanol–water partition coefficient (Wildman–Crippen LogP) is 3.44. The summed E-state index contributed by atoms with van der Waals surface area (Å²) in [5, 5.41) is 2.53. The summed E-state index contributed by atoms with van der Waals surface area (Å²) in [6.45, 7) is 0. The van der Waals surface area contributed by atoms with E-state index in [1.807, 2.05) is 23.1 Å². The fourth-order valence-electron chi connectivity index (χ4n) is 3.79. The number of anilines is 1. The van der Waals surface area contributed by atoms with E-state index in [4.69, 9.17) is 0 Å². The highest BCUT2D eigenvalue weighted by Gasteiger charge is 2.22. The first-order valence-corrected chi connectivity index (χ1v) is 11.7. The molecular formula is C26H23IN2S2. The van der Waals surface area contributed by atoms with Gasteiger partial charge in [-0.3, -0.25) is 0 Å². The zero-order valence-corrected chi connectivity index (χ0v) is 21.2. The van der Waals surface area contributed by atoms with Crippen molar-refractivity contribution in [1.82, 2.24) is 0 Å². The molecule has 0 radical (unpaired) electrons. The molecular weight excluding hydrogens is 531 g/mol. The Hall–Kier alpha value is -2.09. The molecule has 0 unspecified atom stereocenters. The van der Waals surface area contributed by atoms with Crippen LogP contribution < -0.4 is 33.4 Å². The fraction of sp³-hybridized carbons (Fsp3) is 0.115. The molecule has 1 aliphatic heterocycles. The molecule has 0 spiro atoms. The molecule has 0 bridgehead atoms. The minimum Gasteiger partial charge on any atom is -1.00 e. The lowest BCUT2D eigenvalue weighted by atomic mass is 10.0. The molecule has 0 saturated carbocycles. The molecule has 0 fully saturated rings. The molecule has 156 valence electrons. The maximum absolute atomic E-state index is 2.35. The number of thiazole rings is 1. The summed E-state index contributed by atoms with van der Waals surface area (Å²) in [6, 6.07) is 27.9. The second kappa shape index (κ2) is 9.59. The molecule has 3 aromatic carbocycles. The van der Waals surface area contributed by atoms with Crippen LogP contribution in [0.25, 0.3) is 16.3 Å². The Morgan fingerprint density at radius 1 is 0.935 bits per heavy atom. The summed E-state index contributed by atoms with van der Waals surface area (Å²) in [7, 11) is 4.31. The van der Waals surface area contributed by atoms with Gasteiger partial charge in [0.15, 0.2) is 0 Å². The maximum Gasteiger partial charge on any atom is 0.262 e.